The van der Waals surface area contributed by atoms with E-state index >= 15 is 0 Å². The Kier molecular flexibility index (Phi) is 6.23. The number of hydrogen-bond donors (Lipinski definition) is 0. The number of methoxy groups -OCH3 is 1. The van der Waals surface area contributed by atoms with Gasteiger partial charge in [-0.25, -0.2) is 13.2 Å². The average molecular weight is 389 g/mol. The number of halogens is 2. The summed E-state index contributed by atoms with van der Waals surface area (Å²) in [7, 11) is 2.53. The van der Waals surface area contributed by atoms with Gasteiger partial charge in [0.2, 0.25) is 0 Å². The maximum Gasteiger partial charge on any atom is 0.339 e. The molecule has 0 saturated heterocycles. The van der Waals surface area contributed by atoms with E-state index in [9.17, 15) is 13.2 Å². The first kappa shape index (κ1) is 18.7. The van der Waals surface area contributed by atoms with Crippen LogP contribution in [-0.2, 0) is 29.9 Å². The van der Waals surface area contributed by atoms with Crippen molar-refractivity contribution in [1.29, 1.82) is 0 Å². The van der Waals surface area contributed by atoms with Gasteiger partial charge in [-0.05, 0) is 23.8 Å². The van der Waals surface area contributed by atoms with E-state index in [-0.39, 0.29) is 22.1 Å². The molecule has 0 fully saturated rings. The smallest absolute Gasteiger partial charge is 0.339 e. The molecule has 0 aliphatic carbocycles. The van der Waals surface area contributed by atoms with Crippen LogP contribution in [0, 0.1) is 0 Å². The van der Waals surface area contributed by atoms with Gasteiger partial charge < -0.3 is 9.47 Å². The van der Waals surface area contributed by atoms with Crippen LogP contribution in [0.25, 0.3) is 0 Å². The summed E-state index contributed by atoms with van der Waals surface area (Å²) in [6.45, 7) is 0.0783. The van der Waals surface area contributed by atoms with Crippen LogP contribution in [0.4, 0.5) is 0 Å². The molecule has 8 heteroatoms. The van der Waals surface area contributed by atoms with Crippen LogP contribution >= 0.6 is 22.3 Å². The molecule has 5 nitrogen and oxygen atoms in total. The highest BCUT2D eigenvalue weighted by Gasteiger charge is 2.29. The number of rotatable bonds is 6. The van der Waals surface area contributed by atoms with Crippen LogP contribution in [0.5, 0.6) is 0 Å². The Morgan fingerprint density at radius 2 is 1.83 bits per heavy atom. The van der Waals surface area contributed by atoms with E-state index in [0.717, 1.165) is 5.56 Å². The van der Waals surface area contributed by atoms with E-state index in [0.29, 0.717) is 0 Å². The maximum absolute atomic E-state index is 12.1. The highest BCUT2D eigenvalue weighted by molar-refractivity contribution is 8.13. The molecule has 0 spiro atoms. The first-order chi connectivity index (χ1) is 11.3. The molecule has 1 atom stereocenters. The molecule has 0 heterocycles. The first-order valence-corrected chi connectivity index (χ1v) is 9.49. The van der Waals surface area contributed by atoms with Crippen molar-refractivity contribution in [3.8, 4) is 0 Å². The largest absolute Gasteiger partial charge is 0.467 e. The Hall–Kier alpha value is -1.60. The van der Waals surface area contributed by atoms with Crippen LogP contribution in [-0.4, -0.2) is 21.5 Å². The molecule has 0 bridgehead atoms. The van der Waals surface area contributed by atoms with Crippen molar-refractivity contribution in [2.24, 2.45) is 0 Å². The number of ether oxygens (including phenoxy) is 2. The zero-order chi connectivity index (χ0) is 17.7. The average Bonchev–Trinajstić information content (AvgIpc) is 2.54. The zero-order valence-electron chi connectivity index (χ0n) is 12.6. The molecule has 2 rings (SSSR count). The van der Waals surface area contributed by atoms with E-state index in [1.807, 2.05) is 30.3 Å². The summed E-state index contributed by atoms with van der Waals surface area (Å²) in [5.41, 5.74) is 0.837. The van der Waals surface area contributed by atoms with Crippen LogP contribution in [0.15, 0.2) is 53.4 Å². The molecule has 1 unspecified atom stereocenters. The van der Waals surface area contributed by atoms with E-state index in [2.05, 4.69) is 0 Å². The lowest BCUT2D eigenvalue weighted by Crippen LogP contribution is -2.19. The topological polar surface area (TPSA) is 69.7 Å². The fraction of sp³-hybridized carbons (Fsp3) is 0.188. The zero-order valence-corrected chi connectivity index (χ0v) is 14.9. The Balaban J connectivity index is 2.41. The van der Waals surface area contributed by atoms with Gasteiger partial charge in [0.1, 0.15) is 0 Å². The number of carbonyl (C=O) groups is 1. The fourth-order valence-electron chi connectivity index (χ4n) is 2.09. The summed E-state index contributed by atoms with van der Waals surface area (Å²) >= 11 is 5.93. The molecule has 0 aliphatic rings. The number of hydrogen-bond acceptors (Lipinski definition) is 5. The van der Waals surface area contributed by atoms with Crippen molar-refractivity contribution in [1.82, 2.24) is 0 Å². The second-order valence-electron chi connectivity index (χ2n) is 4.82. The standard InChI is InChI=1S/C16H14Cl2O5S/c1-22-16(19)15(23-10-11-5-3-2-4-6-11)13-9-12(17)7-8-14(13)24(18,20)21/h2-9,15H,10H2,1H3. The minimum atomic E-state index is -4.09. The van der Waals surface area contributed by atoms with Crippen LogP contribution < -0.4 is 0 Å². The van der Waals surface area contributed by atoms with E-state index in [4.69, 9.17) is 31.8 Å². The second kappa shape index (κ2) is 7.98. The van der Waals surface area contributed by atoms with Crippen molar-refractivity contribution in [3.05, 3.63) is 64.7 Å². The molecule has 128 valence electrons. The van der Waals surface area contributed by atoms with Gasteiger partial charge in [-0.2, -0.15) is 0 Å². The van der Waals surface area contributed by atoms with Crippen molar-refractivity contribution in [3.63, 3.8) is 0 Å². The number of carbonyl (C=O) groups excluding carboxylic acids is 1. The van der Waals surface area contributed by atoms with Gasteiger partial charge in [0, 0.05) is 21.3 Å². The Labute approximate surface area is 149 Å². The van der Waals surface area contributed by atoms with Gasteiger partial charge in [-0.3, -0.25) is 0 Å². The van der Waals surface area contributed by atoms with E-state index in [1.54, 1.807) is 0 Å². The van der Waals surface area contributed by atoms with Crippen LogP contribution in [0.3, 0.4) is 0 Å². The fourth-order valence-corrected chi connectivity index (χ4v) is 3.37. The lowest BCUT2D eigenvalue weighted by molar-refractivity contribution is -0.155. The van der Waals surface area contributed by atoms with E-state index in [1.165, 1.54) is 25.3 Å². The molecule has 0 aromatic heterocycles. The lowest BCUT2D eigenvalue weighted by Gasteiger charge is -2.18. The molecular formula is C16H14Cl2O5S. The molecule has 0 N–H and O–H groups in total. The van der Waals surface area contributed by atoms with Gasteiger partial charge in [-0.1, -0.05) is 41.9 Å². The molecule has 0 saturated carbocycles. The summed E-state index contributed by atoms with van der Waals surface area (Å²) in [5.74, 6) is -0.755. The normalized spacial score (nSPS) is 12.6. The lowest BCUT2D eigenvalue weighted by atomic mass is 10.1. The Morgan fingerprint density at radius 1 is 1.17 bits per heavy atom. The first-order valence-electron chi connectivity index (χ1n) is 6.80. The number of esters is 1. The molecule has 0 aliphatic heterocycles. The molecule has 0 amide bonds. The maximum atomic E-state index is 12.1. The van der Waals surface area contributed by atoms with Crippen molar-refractivity contribution in [2.75, 3.05) is 7.11 Å². The minimum Gasteiger partial charge on any atom is -0.467 e. The molecular weight excluding hydrogens is 375 g/mol. The second-order valence-corrected chi connectivity index (χ2v) is 7.79. The summed E-state index contributed by atoms with van der Waals surface area (Å²) < 4.78 is 33.9. The summed E-state index contributed by atoms with van der Waals surface area (Å²) in [5, 5.41) is 0.242. The highest BCUT2D eigenvalue weighted by Crippen LogP contribution is 2.31. The molecule has 2 aromatic carbocycles. The van der Waals surface area contributed by atoms with Gasteiger partial charge >= 0.3 is 5.97 Å². The number of benzene rings is 2. The van der Waals surface area contributed by atoms with E-state index < -0.39 is 21.1 Å². The van der Waals surface area contributed by atoms with Gasteiger partial charge in [0.15, 0.2) is 6.10 Å². The molecule has 24 heavy (non-hydrogen) atoms. The van der Waals surface area contributed by atoms with Crippen LogP contribution in [0.2, 0.25) is 5.02 Å². The highest BCUT2D eigenvalue weighted by atomic mass is 35.7. The third-order valence-corrected chi connectivity index (χ3v) is 4.82. The molecule has 0 radical (unpaired) electrons. The summed E-state index contributed by atoms with van der Waals surface area (Å²) in [6, 6.07) is 13.0. The predicted octanol–water partition coefficient (Wildman–Crippen LogP) is 3.70. The van der Waals surface area contributed by atoms with Gasteiger partial charge in [-0.15, -0.1) is 0 Å². The van der Waals surface area contributed by atoms with Crippen LogP contribution in [0.1, 0.15) is 17.2 Å². The van der Waals surface area contributed by atoms with Crippen molar-refractivity contribution < 1.29 is 22.7 Å². The van der Waals surface area contributed by atoms with Crippen molar-refractivity contribution >= 4 is 37.3 Å². The van der Waals surface area contributed by atoms with Gasteiger partial charge in [0.25, 0.3) is 9.05 Å². The quantitative estimate of drug-likeness (QED) is 0.557. The monoisotopic (exact) mass is 388 g/mol. The van der Waals surface area contributed by atoms with Gasteiger partial charge in [0.05, 0.1) is 18.6 Å². The summed E-state index contributed by atoms with van der Waals surface area (Å²) in [4.78, 5) is 11.8. The Bertz CT molecular complexity index is 822. The minimum absolute atomic E-state index is 0.0280. The third kappa shape index (κ3) is 4.70. The predicted molar refractivity (Wildman–Crippen MR) is 90.5 cm³/mol. The SMILES string of the molecule is COC(=O)C(OCc1ccccc1)c1cc(Cl)ccc1S(=O)(=O)Cl. The van der Waals surface area contributed by atoms with Crippen molar-refractivity contribution in [2.45, 2.75) is 17.6 Å². The third-order valence-electron chi connectivity index (χ3n) is 3.19. The Morgan fingerprint density at radius 3 is 2.42 bits per heavy atom. The summed E-state index contributed by atoms with van der Waals surface area (Å²) in [6.07, 6.45) is -1.28. The molecule has 2 aromatic rings.